The second-order valence-corrected chi connectivity index (χ2v) is 7.32. The summed E-state index contributed by atoms with van der Waals surface area (Å²) in [6.07, 6.45) is 1.71. The Morgan fingerprint density at radius 3 is 2.70 bits per heavy atom. The molecule has 0 radical (unpaired) electrons. The average Bonchev–Trinajstić information content (AvgIpc) is 3.14. The third kappa shape index (κ3) is 4.42. The molecule has 8 nitrogen and oxygen atoms in total. The Morgan fingerprint density at radius 2 is 2.03 bits per heavy atom. The zero-order valence-corrected chi connectivity index (χ0v) is 18.0. The highest BCUT2D eigenvalue weighted by molar-refractivity contribution is 6.01. The maximum absolute atomic E-state index is 13.1. The molecule has 0 unspecified atom stereocenters. The Bertz CT molecular complexity index is 1070. The van der Waals surface area contributed by atoms with Crippen LogP contribution in [-0.4, -0.2) is 51.7 Å². The van der Waals surface area contributed by atoms with Gasteiger partial charge < -0.3 is 15.0 Å². The minimum Gasteiger partial charge on any atom is -0.497 e. The number of benzene rings is 1. The first kappa shape index (κ1) is 21.3. The smallest absolute Gasteiger partial charge is 0.256 e. The van der Waals surface area contributed by atoms with E-state index in [4.69, 9.17) is 4.74 Å². The van der Waals surface area contributed by atoms with Crippen LogP contribution in [0.5, 0.6) is 5.75 Å². The van der Waals surface area contributed by atoms with E-state index in [2.05, 4.69) is 15.4 Å². The number of ether oxygens (including phenoxy) is 1. The fourth-order valence-electron chi connectivity index (χ4n) is 3.23. The Hall–Kier alpha value is -3.42. The van der Waals surface area contributed by atoms with Crippen molar-refractivity contribution in [2.45, 2.75) is 33.7 Å². The highest BCUT2D eigenvalue weighted by atomic mass is 16.5. The van der Waals surface area contributed by atoms with Gasteiger partial charge in [-0.2, -0.15) is 5.10 Å². The van der Waals surface area contributed by atoms with E-state index in [0.717, 1.165) is 11.0 Å². The third-order valence-electron chi connectivity index (χ3n) is 4.84. The quantitative estimate of drug-likeness (QED) is 0.646. The number of aryl methyl sites for hydroxylation is 1. The first-order valence-corrected chi connectivity index (χ1v) is 9.92. The zero-order chi connectivity index (χ0) is 21.8. The normalized spacial score (nSPS) is 11.0. The topological polar surface area (TPSA) is 89.4 Å². The van der Waals surface area contributed by atoms with E-state index in [-0.39, 0.29) is 24.4 Å². The summed E-state index contributed by atoms with van der Waals surface area (Å²) in [6, 6.07) is 9.05. The van der Waals surface area contributed by atoms with Crippen molar-refractivity contribution in [1.29, 1.82) is 0 Å². The SMILES string of the molecule is CCN(CC(=O)Nc1cccc(OC)c1)C(=O)c1cc2cnn(C(C)C)c2nc1C. The number of aromatic nitrogens is 3. The van der Waals surface area contributed by atoms with Crippen molar-refractivity contribution >= 4 is 28.5 Å². The molecule has 0 aliphatic carbocycles. The molecule has 0 atom stereocenters. The van der Waals surface area contributed by atoms with E-state index in [0.29, 0.717) is 29.2 Å². The van der Waals surface area contributed by atoms with Gasteiger partial charge in [-0.1, -0.05) is 6.07 Å². The molecular formula is C22H27N5O3. The predicted molar refractivity (Wildman–Crippen MR) is 116 cm³/mol. The summed E-state index contributed by atoms with van der Waals surface area (Å²) in [6.45, 7) is 8.04. The fraction of sp³-hybridized carbons (Fsp3) is 0.364. The first-order valence-electron chi connectivity index (χ1n) is 9.92. The van der Waals surface area contributed by atoms with Crippen molar-refractivity contribution in [2.24, 2.45) is 0 Å². The van der Waals surface area contributed by atoms with Gasteiger partial charge in [0.05, 0.1) is 24.6 Å². The number of rotatable bonds is 7. The van der Waals surface area contributed by atoms with Crippen LogP contribution >= 0.6 is 0 Å². The number of nitrogens with one attached hydrogen (secondary N) is 1. The highest BCUT2D eigenvalue weighted by Crippen LogP contribution is 2.21. The molecular weight excluding hydrogens is 382 g/mol. The average molecular weight is 409 g/mol. The van der Waals surface area contributed by atoms with Crippen LogP contribution in [0.25, 0.3) is 11.0 Å². The fourth-order valence-corrected chi connectivity index (χ4v) is 3.23. The van der Waals surface area contributed by atoms with Gasteiger partial charge in [0, 0.05) is 29.7 Å². The second kappa shape index (κ2) is 8.94. The lowest BCUT2D eigenvalue weighted by Crippen LogP contribution is -2.38. The van der Waals surface area contributed by atoms with Crippen LogP contribution in [0.2, 0.25) is 0 Å². The van der Waals surface area contributed by atoms with Crippen molar-refractivity contribution in [3.63, 3.8) is 0 Å². The van der Waals surface area contributed by atoms with Crippen LogP contribution in [0.15, 0.2) is 36.5 Å². The molecule has 0 fully saturated rings. The number of hydrogen-bond donors (Lipinski definition) is 1. The molecule has 158 valence electrons. The molecule has 3 aromatic rings. The molecule has 0 aliphatic heterocycles. The van der Waals surface area contributed by atoms with Crippen molar-refractivity contribution in [1.82, 2.24) is 19.7 Å². The lowest BCUT2D eigenvalue weighted by molar-refractivity contribution is -0.116. The molecule has 2 amide bonds. The van der Waals surface area contributed by atoms with Crippen molar-refractivity contribution in [2.75, 3.05) is 25.5 Å². The van der Waals surface area contributed by atoms with Crippen LogP contribution in [0.4, 0.5) is 5.69 Å². The molecule has 0 saturated heterocycles. The summed E-state index contributed by atoms with van der Waals surface area (Å²) in [4.78, 5) is 31.7. The van der Waals surface area contributed by atoms with E-state index < -0.39 is 0 Å². The second-order valence-electron chi connectivity index (χ2n) is 7.32. The summed E-state index contributed by atoms with van der Waals surface area (Å²) in [5, 5.41) is 7.97. The van der Waals surface area contributed by atoms with Gasteiger partial charge in [0.15, 0.2) is 5.65 Å². The number of carbonyl (C=O) groups is 2. The van der Waals surface area contributed by atoms with Crippen LogP contribution in [-0.2, 0) is 4.79 Å². The number of likely N-dealkylation sites (N-methyl/N-ethyl adjacent to an activating group) is 1. The van der Waals surface area contributed by atoms with E-state index >= 15 is 0 Å². The number of carbonyl (C=O) groups excluding carboxylic acids is 2. The number of hydrogen-bond acceptors (Lipinski definition) is 5. The Kier molecular flexibility index (Phi) is 6.34. The van der Waals surface area contributed by atoms with E-state index in [9.17, 15) is 9.59 Å². The molecule has 30 heavy (non-hydrogen) atoms. The van der Waals surface area contributed by atoms with E-state index in [1.165, 1.54) is 4.90 Å². The first-order chi connectivity index (χ1) is 14.3. The summed E-state index contributed by atoms with van der Waals surface area (Å²) in [5.74, 6) is 0.133. The zero-order valence-electron chi connectivity index (χ0n) is 18.0. The standard InChI is InChI=1S/C22H27N5O3/c1-6-26(13-20(28)25-17-8-7-9-18(11-17)30-5)22(29)19-10-16-12-23-27(14(2)3)21(16)24-15(19)4/h7-12,14H,6,13H2,1-5H3,(H,25,28). The van der Waals surface area contributed by atoms with Gasteiger partial charge in [0.2, 0.25) is 5.91 Å². The van der Waals surface area contributed by atoms with Gasteiger partial charge in [-0.15, -0.1) is 0 Å². The van der Waals surface area contributed by atoms with Crippen molar-refractivity contribution in [3.8, 4) is 5.75 Å². The van der Waals surface area contributed by atoms with Crippen LogP contribution in [0.3, 0.4) is 0 Å². The molecule has 2 aromatic heterocycles. The maximum atomic E-state index is 13.1. The minimum absolute atomic E-state index is 0.0602. The number of nitrogens with zero attached hydrogens (tertiary/aromatic N) is 4. The molecule has 8 heteroatoms. The van der Waals surface area contributed by atoms with Crippen LogP contribution < -0.4 is 10.1 Å². The minimum atomic E-state index is -0.280. The van der Waals surface area contributed by atoms with Gasteiger partial charge in [-0.25, -0.2) is 9.67 Å². The van der Waals surface area contributed by atoms with Gasteiger partial charge in [-0.3, -0.25) is 9.59 Å². The Balaban J connectivity index is 1.78. The largest absolute Gasteiger partial charge is 0.497 e. The molecule has 2 heterocycles. The predicted octanol–water partition coefficient (Wildman–Crippen LogP) is 3.43. The van der Waals surface area contributed by atoms with Gasteiger partial charge in [-0.05, 0) is 45.9 Å². The Morgan fingerprint density at radius 1 is 1.27 bits per heavy atom. The molecule has 3 rings (SSSR count). The maximum Gasteiger partial charge on any atom is 0.256 e. The summed E-state index contributed by atoms with van der Waals surface area (Å²) in [7, 11) is 1.57. The third-order valence-corrected chi connectivity index (χ3v) is 4.84. The molecule has 0 aliphatic rings. The lowest BCUT2D eigenvalue weighted by Gasteiger charge is -2.21. The van der Waals surface area contributed by atoms with Crippen molar-refractivity contribution < 1.29 is 14.3 Å². The van der Waals surface area contributed by atoms with Crippen LogP contribution in [0, 0.1) is 6.92 Å². The summed E-state index contributed by atoms with van der Waals surface area (Å²) in [5.41, 5.74) is 2.45. The highest BCUT2D eigenvalue weighted by Gasteiger charge is 2.21. The number of amides is 2. The monoisotopic (exact) mass is 409 g/mol. The van der Waals surface area contributed by atoms with Crippen molar-refractivity contribution in [3.05, 3.63) is 47.8 Å². The van der Waals surface area contributed by atoms with Gasteiger partial charge >= 0.3 is 0 Å². The number of anilines is 1. The number of pyridine rings is 1. The molecule has 1 N–H and O–H groups in total. The molecule has 0 saturated carbocycles. The van der Waals surface area contributed by atoms with Crippen LogP contribution in [0.1, 0.15) is 42.9 Å². The van der Waals surface area contributed by atoms with Gasteiger partial charge in [0.1, 0.15) is 12.3 Å². The molecule has 1 aromatic carbocycles. The van der Waals surface area contributed by atoms with Gasteiger partial charge in [0.25, 0.3) is 5.91 Å². The number of fused-ring (bicyclic) bond motifs is 1. The lowest BCUT2D eigenvalue weighted by atomic mass is 10.1. The van der Waals surface area contributed by atoms with E-state index in [1.807, 2.05) is 25.5 Å². The van der Waals surface area contributed by atoms with E-state index in [1.54, 1.807) is 50.6 Å². The summed E-state index contributed by atoms with van der Waals surface area (Å²) < 4.78 is 7.00. The Labute approximate surface area is 175 Å². The molecule has 0 spiro atoms. The molecule has 0 bridgehead atoms. The number of methoxy groups -OCH3 is 1. The summed E-state index contributed by atoms with van der Waals surface area (Å²) >= 11 is 0.